The summed E-state index contributed by atoms with van der Waals surface area (Å²) in [7, 11) is -3.56. The smallest absolute Gasteiger partial charge is 0.240 e. The molecule has 0 spiro atoms. The van der Waals surface area contributed by atoms with Crippen LogP contribution in [-0.4, -0.2) is 44.9 Å². The average Bonchev–Trinajstić information content (AvgIpc) is 2.40. The standard InChI is InChI=1S/C13H20N4O3S/c14-10-2-1-3-12(8-10)21(19,20)16-11-4-6-17(7-5-11)9-13(15)18/h1-3,8,11,16H,4-7,9,14H2,(H2,15,18). The van der Waals surface area contributed by atoms with Crippen molar-refractivity contribution < 1.29 is 13.2 Å². The summed E-state index contributed by atoms with van der Waals surface area (Å²) in [4.78, 5) is 12.9. The lowest BCUT2D eigenvalue weighted by molar-refractivity contribution is -0.119. The molecule has 0 atom stereocenters. The van der Waals surface area contributed by atoms with Crippen molar-refractivity contribution in [1.82, 2.24) is 9.62 Å². The number of amides is 1. The van der Waals surface area contributed by atoms with Crippen molar-refractivity contribution in [2.45, 2.75) is 23.8 Å². The predicted molar refractivity (Wildman–Crippen MR) is 79.8 cm³/mol. The number of piperidine rings is 1. The first-order chi connectivity index (χ1) is 9.87. The van der Waals surface area contributed by atoms with Crippen LogP contribution in [0.3, 0.4) is 0 Å². The lowest BCUT2D eigenvalue weighted by Gasteiger charge is -2.31. The van der Waals surface area contributed by atoms with E-state index in [9.17, 15) is 13.2 Å². The van der Waals surface area contributed by atoms with Crippen LogP contribution in [-0.2, 0) is 14.8 Å². The van der Waals surface area contributed by atoms with E-state index in [0.29, 0.717) is 31.6 Å². The van der Waals surface area contributed by atoms with Crippen molar-refractivity contribution in [1.29, 1.82) is 0 Å². The Bertz CT molecular complexity index is 610. The Morgan fingerprint density at radius 1 is 1.33 bits per heavy atom. The number of rotatable bonds is 5. The second-order valence-electron chi connectivity index (χ2n) is 5.21. The first-order valence-corrected chi connectivity index (χ1v) is 8.23. The van der Waals surface area contributed by atoms with E-state index in [1.54, 1.807) is 12.1 Å². The van der Waals surface area contributed by atoms with Crippen molar-refractivity contribution in [3.05, 3.63) is 24.3 Å². The van der Waals surface area contributed by atoms with Crippen molar-refractivity contribution in [3.63, 3.8) is 0 Å². The molecule has 1 aliphatic heterocycles. The van der Waals surface area contributed by atoms with Gasteiger partial charge in [-0.25, -0.2) is 13.1 Å². The van der Waals surface area contributed by atoms with Crippen LogP contribution in [0.4, 0.5) is 5.69 Å². The molecule has 8 heteroatoms. The third kappa shape index (κ3) is 4.42. The number of carbonyl (C=O) groups is 1. The molecule has 0 aliphatic carbocycles. The first-order valence-electron chi connectivity index (χ1n) is 6.75. The van der Waals surface area contributed by atoms with Crippen LogP contribution in [0.15, 0.2) is 29.2 Å². The normalized spacial score (nSPS) is 17.7. The van der Waals surface area contributed by atoms with Gasteiger partial charge in [-0.3, -0.25) is 9.69 Å². The monoisotopic (exact) mass is 312 g/mol. The molecule has 5 N–H and O–H groups in total. The predicted octanol–water partition coefficient (Wildman–Crippen LogP) is -0.503. The molecule has 1 aromatic rings. The topological polar surface area (TPSA) is 119 Å². The minimum atomic E-state index is -3.56. The van der Waals surface area contributed by atoms with Gasteiger partial charge in [0.15, 0.2) is 0 Å². The van der Waals surface area contributed by atoms with Gasteiger partial charge in [-0.15, -0.1) is 0 Å². The van der Waals surface area contributed by atoms with Gasteiger partial charge in [-0.2, -0.15) is 0 Å². The number of likely N-dealkylation sites (tertiary alicyclic amines) is 1. The van der Waals surface area contributed by atoms with Gasteiger partial charge in [0, 0.05) is 24.8 Å². The van der Waals surface area contributed by atoms with Crippen molar-refractivity contribution in [2.24, 2.45) is 5.73 Å². The van der Waals surface area contributed by atoms with Gasteiger partial charge < -0.3 is 11.5 Å². The summed E-state index contributed by atoms with van der Waals surface area (Å²) in [6, 6.07) is 6.06. The summed E-state index contributed by atoms with van der Waals surface area (Å²) in [5, 5.41) is 0. The van der Waals surface area contributed by atoms with Gasteiger partial charge in [-0.1, -0.05) is 6.07 Å². The Labute approximate surface area is 124 Å². The highest BCUT2D eigenvalue weighted by Crippen LogP contribution is 2.16. The van der Waals surface area contributed by atoms with E-state index >= 15 is 0 Å². The molecule has 0 unspecified atom stereocenters. The number of sulfonamides is 1. The Balaban J connectivity index is 1.95. The number of hydrogen-bond acceptors (Lipinski definition) is 5. The van der Waals surface area contributed by atoms with Crippen molar-refractivity contribution in [3.8, 4) is 0 Å². The largest absolute Gasteiger partial charge is 0.399 e. The second-order valence-corrected chi connectivity index (χ2v) is 6.92. The highest BCUT2D eigenvalue weighted by molar-refractivity contribution is 7.89. The minimum Gasteiger partial charge on any atom is -0.399 e. The Hall–Kier alpha value is -1.64. The summed E-state index contributed by atoms with van der Waals surface area (Å²) in [5.74, 6) is -0.367. The summed E-state index contributed by atoms with van der Waals surface area (Å²) in [6.45, 7) is 1.51. The third-order valence-corrected chi connectivity index (χ3v) is 4.98. The van der Waals surface area contributed by atoms with Gasteiger partial charge in [0.1, 0.15) is 0 Å². The zero-order valence-electron chi connectivity index (χ0n) is 11.7. The maximum atomic E-state index is 12.3. The van der Waals surface area contributed by atoms with Gasteiger partial charge in [0.25, 0.3) is 0 Å². The van der Waals surface area contributed by atoms with Crippen LogP contribution in [0.2, 0.25) is 0 Å². The van der Waals surface area contributed by atoms with E-state index < -0.39 is 10.0 Å². The zero-order chi connectivity index (χ0) is 15.5. The molecule has 116 valence electrons. The molecule has 1 heterocycles. The molecule has 1 fully saturated rings. The van der Waals surface area contributed by atoms with Crippen LogP contribution >= 0.6 is 0 Å². The molecule has 1 amide bonds. The van der Waals surface area contributed by atoms with Crippen LogP contribution in [0, 0.1) is 0 Å². The molecular formula is C13H20N4O3S. The fraction of sp³-hybridized carbons (Fsp3) is 0.462. The van der Waals surface area contributed by atoms with Gasteiger partial charge in [-0.05, 0) is 31.0 Å². The molecule has 7 nitrogen and oxygen atoms in total. The van der Waals surface area contributed by atoms with Crippen LogP contribution < -0.4 is 16.2 Å². The van der Waals surface area contributed by atoms with E-state index in [4.69, 9.17) is 11.5 Å². The van der Waals surface area contributed by atoms with Gasteiger partial charge >= 0.3 is 0 Å². The number of nitrogen functional groups attached to an aromatic ring is 1. The van der Waals surface area contributed by atoms with Crippen LogP contribution in [0.1, 0.15) is 12.8 Å². The number of anilines is 1. The van der Waals surface area contributed by atoms with Crippen molar-refractivity contribution in [2.75, 3.05) is 25.4 Å². The Morgan fingerprint density at radius 3 is 2.57 bits per heavy atom. The molecule has 0 radical (unpaired) electrons. The molecule has 1 saturated heterocycles. The third-order valence-electron chi connectivity index (χ3n) is 3.46. The van der Waals surface area contributed by atoms with Gasteiger partial charge in [0.2, 0.25) is 15.9 Å². The molecular weight excluding hydrogens is 292 g/mol. The quantitative estimate of drug-likeness (QED) is 0.633. The summed E-state index contributed by atoms with van der Waals surface area (Å²) in [6.07, 6.45) is 1.30. The van der Waals surface area contributed by atoms with Gasteiger partial charge in [0.05, 0.1) is 11.4 Å². The molecule has 0 bridgehead atoms. The number of benzene rings is 1. The number of primary amides is 1. The molecule has 1 aliphatic rings. The van der Waals surface area contributed by atoms with E-state index in [0.717, 1.165) is 0 Å². The van der Waals surface area contributed by atoms with Crippen LogP contribution in [0.25, 0.3) is 0 Å². The first kappa shape index (κ1) is 15.7. The second kappa shape index (κ2) is 6.42. The van der Waals surface area contributed by atoms with E-state index in [2.05, 4.69) is 4.72 Å². The Morgan fingerprint density at radius 2 is 2.00 bits per heavy atom. The maximum Gasteiger partial charge on any atom is 0.240 e. The zero-order valence-corrected chi connectivity index (χ0v) is 12.5. The molecule has 21 heavy (non-hydrogen) atoms. The van der Waals surface area contributed by atoms with E-state index in [-0.39, 0.29) is 23.4 Å². The fourth-order valence-electron chi connectivity index (χ4n) is 2.40. The molecule has 2 rings (SSSR count). The molecule has 0 saturated carbocycles. The maximum absolute atomic E-state index is 12.3. The lowest BCUT2D eigenvalue weighted by atomic mass is 10.1. The molecule has 0 aromatic heterocycles. The number of hydrogen-bond donors (Lipinski definition) is 3. The number of carbonyl (C=O) groups excluding carboxylic acids is 1. The Kier molecular flexibility index (Phi) is 4.81. The van der Waals surface area contributed by atoms with E-state index in [1.165, 1.54) is 12.1 Å². The average molecular weight is 312 g/mol. The summed E-state index contributed by atoms with van der Waals surface area (Å²) >= 11 is 0. The lowest BCUT2D eigenvalue weighted by Crippen LogP contribution is -2.46. The van der Waals surface area contributed by atoms with Crippen molar-refractivity contribution >= 4 is 21.6 Å². The van der Waals surface area contributed by atoms with Crippen LogP contribution in [0.5, 0.6) is 0 Å². The van der Waals surface area contributed by atoms with E-state index in [1.807, 2.05) is 4.90 Å². The SMILES string of the molecule is NC(=O)CN1CCC(NS(=O)(=O)c2cccc(N)c2)CC1. The number of nitrogens with one attached hydrogen (secondary N) is 1. The summed E-state index contributed by atoms with van der Waals surface area (Å²) in [5.41, 5.74) is 11.2. The summed E-state index contributed by atoms with van der Waals surface area (Å²) < 4.78 is 27.2. The minimum absolute atomic E-state index is 0.138. The highest BCUT2D eigenvalue weighted by Gasteiger charge is 2.25. The fourth-order valence-corrected chi connectivity index (χ4v) is 3.76. The number of nitrogens with two attached hydrogens (primary N) is 2. The molecule has 1 aromatic carbocycles. The number of nitrogens with zero attached hydrogens (tertiary/aromatic N) is 1. The highest BCUT2D eigenvalue weighted by atomic mass is 32.2.